The summed E-state index contributed by atoms with van der Waals surface area (Å²) in [6.45, 7) is 9.89. The van der Waals surface area contributed by atoms with E-state index < -0.39 is 5.60 Å². The Morgan fingerprint density at radius 2 is 2.27 bits per heavy atom. The van der Waals surface area contributed by atoms with Gasteiger partial charge in [0.25, 0.3) is 0 Å². The van der Waals surface area contributed by atoms with Gasteiger partial charge in [-0.2, -0.15) is 0 Å². The van der Waals surface area contributed by atoms with Crippen LogP contribution >= 0.6 is 0 Å². The second kappa shape index (κ2) is 7.18. The molecular weight excluding hydrogens is 280 g/mol. The number of hydrogen-bond donors (Lipinski definition) is 1. The number of piperidine rings is 1. The molecule has 0 spiro atoms. The monoisotopic (exact) mass is 308 g/mol. The number of likely N-dealkylation sites (tertiary alicyclic amines) is 1. The van der Waals surface area contributed by atoms with Crippen molar-refractivity contribution in [1.29, 1.82) is 0 Å². The van der Waals surface area contributed by atoms with Crippen LogP contribution in [-0.4, -0.2) is 41.3 Å². The van der Waals surface area contributed by atoms with Crippen LogP contribution in [0.25, 0.3) is 0 Å². The largest absolute Gasteiger partial charge is 0.444 e. The lowest BCUT2D eigenvalue weighted by Crippen LogP contribution is -2.43. The summed E-state index contributed by atoms with van der Waals surface area (Å²) in [7, 11) is 0. The molecule has 1 fully saturated rings. The highest BCUT2D eigenvalue weighted by atomic mass is 16.6. The maximum Gasteiger partial charge on any atom is 0.410 e. The average molecular weight is 308 g/mol. The Morgan fingerprint density at radius 1 is 1.50 bits per heavy atom. The highest BCUT2D eigenvalue weighted by molar-refractivity contribution is 5.68. The van der Waals surface area contributed by atoms with Gasteiger partial charge >= 0.3 is 6.09 Å². The number of carbonyl (C=O) groups excluding carboxylic acids is 1. The van der Waals surface area contributed by atoms with Gasteiger partial charge < -0.3 is 19.4 Å². The van der Waals surface area contributed by atoms with Crippen molar-refractivity contribution >= 4 is 6.09 Å². The van der Waals surface area contributed by atoms with Crippen molar-refractivity contribution in [1.82, 2.24) is 9.88 Å². The van der Waals surface area contributed by atoms with Gasteiger partial charge in [0.05, 0.1) is 12.7 Å². The van der Waals surface area contributed by atoms with Crippen molar-refractivity contribution in [3.05, 3.63) is 24.0 Å². The van der Waals surface area contributed by atoms with Gasteiger partial charge in [0.15, 0.2) is 0 Å². The molecule has 1 saturated heterocycles. The molecule has 5 nitrogen and oxygen atoms in total. The fraction of sp³-hybridized carbons (Fsp3) is 0.706. The van der Waals surface area contributed by atoms with Crippen molar-refractivity contribution < 1.29 is 14.3 Å². The Morgan fingerprint density at radius 3 is 2.91 bits per heavy atom. The summed E-state index contributed by atoms with van der Waals surface area (Å²) in [6.07, 6.45) is 3.84. The Balaban J connectivity index is 1.79. The van der Waals surface area contributed by atoms with E-state index in [-0.39, 0.29) is 12.2 Å². The summed E-state index contributed by atoms with van der Waals surface area (Å²) < 4.78 is 11.4. The predicted octanol–water partition coefficient (Wildman–Crippen LogP) is 3.74. The quantitative estimate of drug-likeness (QED) is 0.922. The van der Waals surface area contributed by atoms with E-state index in [9.17, 15) is 4.79 Å². The average Bonchev–Trinajstić information content (AvgIpc) is 2.97. The van der Waals surface area contributed by atoms with E-state index in [1.165, 1.54) is 0 Å². The summed E-state index contributed by atoms with van der Waals surface area (Å²) in [5.74, 6) is 0.374. The molecule has 1 amide bonds. The van der Waals surface area contributed by atoms with E-state index in [4.69, 9.17) is 9.47 Å². The van der Waals surface area contributed by atoms with Crippen LogP contribution in [0.1, 0.15) is 52.3 Å². The van der Waals surface area contributed by atoms with Crippen LogP contribution in [0.3, 0.4) is 0 Å². The lowest BCUT2D eigenvalue weighted by Gasteiger charge is -2.34. The Bertz CT molecular complexity index is 465. The van der Waals surface area contributed by atoms with E-state index in [0.717, 1.165) is 25.1 Å². The summed E-state index contributed by atoms with van der Waals surface area (Å²) in [6, 6.07) is 4.00. The smallest absolute Gasteiger partial charge is 0.410 e. The molecule has 1 aromatic heterocycles. The molecule has 2 atom stereocenters. The second-order valence-electron chi connectivity index (χ2n) is 7.04. The first kappa shape index (κ1) is 16.9. The number of nitrogens with zero attached hydrogens (tertiary/aromatic N) is 1. The van der Waals surface area contributed by atoms with Crippen LogP contribution in [0, 0.1) is 5.92 Å². The summed E-state index contributed by atoms with van der Waals surface area (Å²) in [5, 5.41) is 0. The van der Waals surface area contributed by atoms with E-state index in [2.05, 4.69) is 4.98 Å². The number of aromatic nitrogens is 1. The zero-order valence-electron chi connectivity index (χ0n) is 14.1. The van der Waals surface area contributed by atoms with Gasteiger partial charge in [0, 0.05) is 30.9 Å². The molecule has 0 saturated carbocycles. The molecule has 0 radical (unpaired) electrons. The van der Waals surface area contributed by atoms with Gasteiger partial charge in [-0.25, -0.2) is 4.79 Å². The molecular formula is C17H28N2O3. The van der Waals surface area contributed by atoms with Crippen molar-refractivity contribution in [2.75, 3.05) is 19.7 Å². The Hall–Kier alpha value is -1.49. The molecule has 2 heterocycles. The van der Waals surface area contributed by atoms with Crippen LogP contribution in [0.2, 0.25) is 0 Å². The number of aromatic amines is 1. The summed E-state index contributed by atoms with van der Waals surface area (Å²) in [5.41, 5.74) is 0.641. The number of carbonyl (C=O) groups is 1. The molecule has 0 bridgehead atoms. The zero-order valence-corrected chi connectivity index (χ0v) is 14.1. The van der Waals surface area contributed by atoms with Crippen LogP contribution in [0.5, 0.6) is 0 Å². The third-order valence-electron chi connectivity index (χ3n) is 3.81. The van der Waals surface area contributed by atoms with E-state index in [1.54, 1.807) is 0 Å². The minimum atomic E-state index is -0.442. The van der Waals surface area contributed by atoms with Gasteiger partial charge in [0.2, 0.25) is 0 Å². The number of H-pyrrole nitrogens is 1. The van der Waals surface area contributed by atoms with E-state index in [0.29, 0.717) is 19.1 Å². The molecule has 0 aromatic carbocycles. The fourth-order valence-corrected chi connectivity index (χ4v) is 2.66. The van der Waals surface area contributed by atoms with Crippen LogP contribution in [-0.2, 0) is 9.47 Å². The Labute approximate surface area is 133 Å². The van der Waals surface area contributed by atoms with Crippen molar-refractivity contribution in [3.63, 3.8) is 0 Å². The molecule has 22 heavy (non-hydrogen) atoms. The second-order valence-corrected chi connectivity index (χ2v) is 7.04. The van der Waals surface area contributed by atoms with Crippen molar-refractivity contribution in [2.24, 2.45) is 5.92 Å². The lowest BCUT2D eigenvalue weighted by atomic mass is 9.99. The molecule has 2 rings (SSSR count). The molecule has 0 aliphatic carbocycles. The van der Waals surface area contributed by atoms with Gasteiger partial charge in [-0.1, -0.05) is 0 Å². The SMILES string of the molecule is C[C@@H](OC[C@@H]1CCCN(C(=O)OC(C)(C)C)C1)c1ccc[nH]1. The molecule has 5 heteroatoms. The zero-order chi connectivity index (χ0) is 16.2. The van der Waals surface area contributed by atoms with Gasteiger partial charge in [-0.15, -0.1) is 0 Å². The minimum absolute atomic E-state index is 0.0481. The maximum absolute atomic E-state index is 12.1. The number of nitrogens with one attached hydrogen (secondary N) is 1. The number of hydrogen-bond acceptors (Lipinski definition) is 3. The third-order valence-corrected chi connectivity index (χ3v) is 3.81. The van der Waals surface area contributed by atoms with Crippen LogP contribution in [0.15, 0.2) is 18.3 Å². The first-order valence-corrected chi connectivity index (χ1v) is 8.08. The molecule has 1 aromatic rings. The highest BCUT2D eigenvalue weighted by Crippen LogP contribution is 2.22. The van der Waals surface area contributed by atoms with E-state index >= 15 is 0 Å². The third kappa shape index (κ3) is 5.05. The normalized spacial score (nSPS) is 20.7. The fourth-order valence-electron chi connectivity index (χ4n) is 2.66. The van der Waals surface area contributed by atoms with Gasteiger partial charge in [-0.05, 0) is 52.7 Å². The molecule has 124 valence electrons. The number of rotatable bonds is 4. The molecule has 1 aliphatic heterocycles. The topological polar surface area (TPSA) is 54.6 Å². The molecule has 0 unspecified atom stereocenters. The minimum Gasteiger partial charge on any atom is -0.444 e. The van der Waals surface area contributed by atoms with Gasteiger partial charge in [-0.3, -0.25) is 0 Å². The highest BCUT2D eigenvalue weighted by Gasteiger charge is 2.28. The van der Waals surface area contributed by atoms with E-state index in [1.807, 2.05) is 50.9 Å². The first-order chi connectivity index (χ1) is 10.3. The Kier molecular flexibility index (Phi) is 5.51. The molecule has 1 aliphatic rings. The lowest BCUT2D eigenvalue weighted by molar-refractivity contribution is -0.00452. The van der Waals surface area contributed by atoms with Gasteiger partial charge in [0.1, 0.15) is 5.60 Å². The predicted molar refractivity (Wildman–Crippen MR) is 85.7 cm³/mol. The van der Waals surface area contributed by atoms with Crippen molar-refractivity contribution in [3.8, 4) is 0 Å². The summed E-state index contributed by atoms with van der Waals surface area (Å²) >= 11 is 0. The standard InChI is InChI=1S/C17H28N2O3/c1-13(15-8-5-9-18-15)21-12-14-7-6-10-19(11-14)16(20)22-17(2,3)4/h5,8-9,13-14,18H,6-7,10-12H2,1-4H3/t13-,14-/m1/s1. The number of ether oxygens (including phenoxy) is 2. The number of amides is 1. The van der Waals surface area contributed by atoms with Crippen LogP contribution < -0.4 is 0 Å². The van der Waals surface area contributed by atoms with Crippen molar-refractivity contribution in [2.45, 2.75) is 52.2 Å². The summed E-state index contributed by atoms with van der Waals surface area (Å²) in [4.78, 5) is 17.1. The maximum atomic E-state index is 12.1. The first-order valence-electron chi connectivity index (χ1n) is 8.08. The van der Waals surface area contributed by atoms with Crippen LogP contribution in [0.4, 0.5) is 4.79 Å². The molecule has 1 N–H and O–H groups in total.